The molecule has 1 fully saturated rings. The monoisotopic (exact) mass is 284 g/mol. The summed E-state index contributed by atoms with van der Waals surface area (Å²) in [6, 6.07) is 0. The zero-order valence-corrected chi connectivity index (χ0v) is 12.4. The molecule has 0 aromatic rings. The van der Waals surface area contributed by atoms with Gasteiger partial charge in [0.25, 0.3) is 0 Å². The maximum Gasteiger partial charge on any atom is 0.165 e. The highest BCUT2D eigenvalue weighted by molar-refractivity contribution is 5.35. The van der Waals surface area contributed by atoms with Gasteiger partial charge in [0.05, 0.1) is 0 Å². The Bertz CT molecular complexity index is 378. The van der Waals surface area contributed by atoms with Gasteiger partial charge in [-0.1, -0.05) is 38.7 Å². The number of aliphatic hydroxyl groups excluding tert-OH is 1. The van der Waals surface area contributed by atoms with Crippen LogP contribution in [0.2, 0.25) is 0 Å². The van der Waals surface area contributed by atoms with Crippen LogP contribution in [0.5, 0.6) is 0 Å². The molecule has 0 amide bonds. The fourth-order valence-corrected chi connectivity index (χ4v) is 3.51. The third-order valence-corrected chi connectivity index (χ3v) is 4.82. The predicted molar refractivity (Wildman–Crippen MR) is 77.5 cm³/mol. The molecule has 0 saturated heterocycles. The van der Waals surface area contributed by atoms with Crippen molar-refractivity contribution in [2.24, 2.45) is 11.8 Å². The zero-order valence-electron chi connectivity index (χ0n) is 12.4. The van der Waals surface area contributed by atoms with Gasteiger partial charge in [0.2, 0.25) is 0 Å². The summed E-state index contributed by atoms with van der Waals surface area (Å²) in [5.74, 6) is -0.842. The summed E-state index contributed by atoms with van der Waals surface area (Å²) in [7, 11) is 0. The fraction of sp³-hybridized carbons (Fsp3) is 0.765. The standard InChI is InChI=1S/C17H26F2O/c1-2-3-4-5-12-6-8-13(9-7-12)14-10-11-15(20)17(19)16(14)18/h10,12-13,15,20H,2-9,11H2,1H3/t12?,13?,15-/m0/s1. The van der Waals surface area contributed by atoms with E-state index in [0.717, 1.165) is 31.6 Å². The van der Waals surface area contributed by atoms with E-state index in [9.17, 15) is 13.9 Å². The highest BCUT2D eigenvalue weighted by atomic mass is 19.2. The van der Waals surface area contributed by atoms with Crippen LogP contribution in [0.15, 0.2) is 23.3 Å². The van der Waals surface area contributed by atoms with Crippen LogP contribution in [-0.2, 0) is 0 Å². The molecule has 0 unspecified atom stereocenters. The van der Waals surface area contributed by atoms with Gasteiger partial charge < -0.3 is 5.11 Å². The van der Waals surface area contributed by atoms with Crippen molar-refractivity contribution in [2.75, 3.05) is 0 Å². The van der Waals surface area contributed by atoms with E-state index in [1.165, 1.54) is 25.7 Å². The first-order valence-corrected chi connectivity index (χ1v) is 8.07. The molecule has 0 heterocycles. The van der Waals surface area contributed by atoms with Gasteiger partial charge in [-0.05, 0) is 49.5 Å². The molecule has 2 aliphatic carbocycles. The molecule has 0 aromatic heterocycles. The van der Waals surface area contributed by atoms with Crippen molar-refractivity contribution in [3.8, 4) is 0 Å². The van der Waals surface area contributed by atoms with E-state index in [2.05, 4.69) is 6.92 Å². The number of hydrogen-bond donors (Lipinski definition) is 1. The van der Waals surface area contributed by atoms with E-state index in [1.54, 1.807) is 6.08 Å². The number of hydrogen-bond acceptors (Lipinski definition) is 1. The van der Waals surface area contributed by atoms with Crippen molar-refractivity contribution in [1.82, 2.24) is 0 Å². The van der Waals surface area contributed by atoms with Gasteiger partial charge in [0.15, 0.2) is 11.7 Å². The number of rotatable bonds is 5. The second-order valence-electron chi connectivity index (χ2n) is 6.29. The van der Waals surface area contributed by atoms with E-state index in [0.29, 0.717) is 5.57 Å². The Balaban J connectivity index is 1.85. The molecule has 20 heavy (non-hydrogen) atoms. The van der Waals surface area contributed by atoms with Crippen molar-refractivity contribution in [2.45, 2.75) is 70.8 Å². The lowest BCUT2D eigenvalue weighted by Gasteiger charge is -2.31. The normalized spacial score (nSPS) is 31.4. The van der Waals surface area contributed by atoms with Crippen molar-refractivity contribution in [1.29, 1.82) is 0 Å². The predicted octanol–water partition coefficient (Wildman–Crippen LogP) is 5.21. The Morgan fingerprint density at radius 1 is 1.15 bits per heavy atom. The van der Waals surface area contributed by atoms with Crippen LogP contribution in [0.3, 0.4) is 0 Å². The van der Waals surface area contributed by atoms with Crippen molar-refractivity contribution < 1.29 is 13.9 Å². The summed E-state index contributed by atoms with van der Waals surface area (Å²) in [5.41, 5.74) is 0.514. The third-order valence-electron chi connectivity index (χ3n) is 4.82. The highest BCUT2D eigenvalue weighted by Gasteiger charge is 2.30. The Labute approximate surface area is 120 Å². The first-order valence-electron chi connectivity index (χ1n) is 8.07. The van der Waals surface area contributed by atoms with Crippen molar-refractivity contribution >= 4 is 0 Å². The molecule has 0 aliphatic heterocycles. The maximum absolute atomic E-state index is 13.9. The van der Waals surface area contributed by atoms with Gasteiger partial charge in [-0.25, -0.2) is 8.78 Å². The van der Waals surface area contributed by atoms with Gasteiger partial charge in [-0.3, -0.25) is 0 Å². The van der Waals surface area contributed by atoms with Crippen LogP contribution in [-0.4, -0.2) is 11.2 Å². The van der Waals surface area contributed by atoms with E-state index in [-0.39, 0.29) is 12.3 Å². The SMILES string of the molecule is CCCCCC1CCC(C2=CC[C@H](O)C(F)=C2F)CC1. The average molecular weight is 284 g/mol. The van der Waals surface area contributed by atoms with Crippen LogP contribution < -0.4 is 0 Å². The maximum atomic E-state index is 13.9. The summed E-state index contributed by atoms with van der Waals surface area (Å²) >= 11 is 0. The third kappa shape index (κ3) is 3.69. The van der Waals surface area contributed by atoms with Crippen LogP contribution in [0.25, 0.3) is 0 Å². The second-order valence-corrected chi connectivity index (χ2v) is 6.29. The molecular formula is C17H26F2O. The van der Waals surface area contributed by atoms with Gasteiger partial charge in [0.1, 0.15) is 6.10 Å². The molecular weight excluding hydrogens is 258 g/mol. The number of aliphatic hydroxyl groups is 1. The highest BCUT2D eigenvalue weighted by Crippen LogP contribution is 2.41. The Morgan fingerprint density at radius 2 is 1.85 bits per heavy atom. The fourth-order valence-electron chi connectivity index (χ4n) is 3.51. The zero-order chi connectivity index (χ0) is 14.5. The lowest BCUT2D eigenvalue weighted by molar-refractivity contribution is 0.173. The van der Waals surface area contributed by atoms with Crippen molar-refractivity contribution in [3.05, 3.63) is 23.3 Å². The van der Waals surface area contributed by atoms with E-state index in [4.69, 9.17) is 0 Å². The summed E-state index contributed by atoms with van der Waals surface area (Å²) < 4.78 is 27.4. The first-order chi connectivity index (χ1) is 9.63. The Morgan fingerprint density at radius 3 is 2.50 bits per heavy atom. The number of unbranched alkanes of at least 4 members (excludes halogenated alkanes) is 2. The van der Waals surface area contributed by atoms with E-state index < -0.39 is 17.8 Å². The molecule has 0 spiro atoms. The van der Waals surface area contributed by atoms with Gasteiger partial charge in [0, 0.05) is 0 Å². The summed E-state index contributed by atoms with van der Waals surface area (Å²) in [5, 5.41) is 9.31. The summed E-state index contributed by atoms with van der Waals surface area (Å²) in [6.45, 7) is 2.21. The largest absolute Gasteiger partial charge is 0.386 e. The van der Waals surface area contributed by atoms with Crippen LogP contribution in [0, 0.1) is 11.8 Å². The quantitative estimate of drug-likeness (QED) is 0.687. The van der Waals surface area contributed by atoms with E-state index >= 15 is 0 Å². The van der Waals surface area contributed by atoms with Crippen molar-refractivity contribution in [3.63, 3.8) is 0 Å². The van der Waals surface area contributed by atoms with Crippen LogP contribution in [0.4, 0.5) is 8.78 Å². The minimum atomic E-state index is -1.27. The molecule has 0 bridgehead atoms. The minimum absolute atomic E-state index is 0.149. The van der Waals surface area contributed by atoms with Gasteiger partial charge in [-0.15, -0.1) is 0 Å². The molecule has 0 radical (unpaired) electrons. The Kier molecular flexibility index (Phi) is 5.76. The molecule has 3 heteroatoms. The summed E-state index contributed by atoms with van der Waals surface area (Å²) in [4.78, 5) is 0. The summed E-state index contributed by atoms with van der Waals surface area (Å²) in [6.07, 6.45) is 9.94. The molecule has 1 nitrogen and oxygen atoms in total. The van der Waals surface area contributed by atoms with Gasteiger partial charge in [-0.2, -0.15) is 0 Å². The lowest BCUT2D eigenvalue weighted by Crippen LogP contribution is -2.20. The molecule has 0 aromatic carbocycles. The minimum Gasteiger partial charge on any atom is -0.386 e. The van der Waals surface area contributed by atoms with Crippen LogP contribution in [0.1, 0.15) is 64.7 Å². The number of halogens is 2. The Hall–Kier alpha value is -0.700. The first kappa shape index (κ1) is 15.7. The second kappa shape index (κ2) is 7.35. The molecule has 114 valence electrons. The number of allylic oxidation sites excluding steroid dienone is 2. The molecule has 1 saturated carbocycles. The average Bonchev–Trinajstić information content (AvgIpc) is 2.46. The molecule has 2 rings (SSSR count). The van der Waals surface area contributed by atoms with Gasteiger partial charge >= 0.3 is 0 Å². The lowest BCUT2D eigenvalue weighted by atomic mass is 9.75. The van der Waals surface area contributed by atoms with E-state index in [1.807, 2.05) is 0 Å². The topological polar surface area (TPSA) is 20.2 Å². The molecule has 2 aliphatic rings. The molecule has 1 atom stereocenters. The van der Waals surface area contributed by atoms with Crippen LogP contribution >= 0.6 is 0 Å². The molecule has 1 N–H and O–H groups in total. The smallest absolute Gasteiger partial charge is 0.165 e.